The highest BCUT2D eigenvalue weighted by molar-refractivity contribution is 5.76. The topological polar surface area (TPSA) is 122 Å². The van der Waals surface area contributed by atoms with Gasteiger partial charge in [-0.25, -0.2) is 4.79 Å². The minimum absolute atomic E-state index is 0.265. The molecule has 0 saturated heterocycles. The van der Waals surface area contributed by atoms with Crippen LogP contribution in [-0.2, 0) is 17.9 Å². The summed E-state index contributed by atoms with van der Waals surface area (Å²) < 4.78 is 2.98. The van der Waals surface area contributed by atoms with Crippen molar-refractivity contribution in [2.45, 2.75) is 39.8 Å². The summed E-state index contributed by atoms with van der Waals surface area (Å²) in [4.78, 5) is 41.3. The summed E-state index contributed by atoms with van der Waals surface area (Å²) in [7, 11) is 0. The van der Waals surface area contributed by atoms with Gasteiger partial charge in [0, 0.05) is 13.1 Å². The van der Waals surface area contributed by atoms with E-state index in [1.165, 1.54) is 4.57 Å². The molecule has 0 radical (unpaired) electrons. The minimum Gasteiger partial charge on any atom is -0.480 e. The predicted molar refractivity (Wildman–Crippen MR) is 81.3 cm³/mol. The Hall–Kier alpha value is -2.58. The number of hydrogen-bond donors (Lipinski definition) is 3. The van der Waals surface area contributed by atoms with Crippen molar-refractivity contribution in [3.8, 4) is 0 Å². The van der Waals surface area contributed by atoms with Gasteiger partial charge < -0.3 is 15.0 Å². The van der Waals surface area contributed by atoms with Crippen LogP contribution in [0.1, 0.15) is 26.7 Å². The zero-order valence-corrected chi connectivity index (χ0v) is 12.5. The maximum absolute atomic E-state index is 12.1. The second-order valence-corrected chi connectivity index (χ2v) is 4.86. The number of aromatic nitrogens is 4. The van der Waals surface area contributed by atoms with E-state index in [-0.39, 0.29) is 23.7 Å². The van der Waals surface area contributed by atoms with Gasteiger partial charge in [-0.05, 0) is 13.3 Å². The fourth-order valence-corrected chi connectivity index (χ4v) is 2.29. The van der Waals surface area contributed by atoms with E-state index in [0.29, 0.717) is 13.1 Å². The number of carboxylic acid groups (broad SMARTS) is 1. The molecule has 2 heterocycles. The van der Waals surface area contributed by atoms with E-state index in [1.807, 2.05) is 13.8 Å². The molecule has 9 heteroatoms. The number of nitrogens with one attached hydrogen (secondary N) is 2. The maximum atomic E-state index is 12.1. The number of aromatic amines is 1. The van der Waals surface area contributed by atoms with Crippen LogP contribution in [0.2, 0.25) is 0 Å². The number of aliphatic carboxylic acids is 1. The Bertz CT molecular complexity index is 801. The number of hydrogen-bond acceptors (Lipinski definition) is 5. The van der Waals surface area contributed by atoms with Crippen LogP contribution in [-0.4, -0.2) is 36.7 Å². The fourth-order valence-electron chi connectivity index (χ4n) is 2.29. The van der Waals surface area contributed by atoms with Gasteiger partial charge in [0.1, 0.15) is 6.54 Å². The average molecular weight is 309 g/mol. The smallest absolute Gasteiger partial charge is 0.330 e. The van der Waals surface area contributed by atoms with Gasteiger partial charge >= 0.3 is 11.7 Å². The average Bonchev–Trinajstić information content (AvgIpc) is 2.83. The van der Waals surface area contributed by atoms with Crippen molar-refractivity contribution in [3.63, 3.8) is 0 Å². The van der Waals surface area contributed by atoms with Crippen LogP contribution in [0.4, 0.5) is 5.95 Å². The molecule has 0 spiro atoms. The summed E-state index contributed by atoms with van der Waals surface area (Å²) in [6.07, 6.45) is 1.67. The third-order valence-electron chi connectivity index (χ3n) is 3.33. The first-order chi connectivity index (χ1) is 10.5. The SMILES string of the molecule is CCCCn1c(=O)[nH]c(=O)c2c1nc(NCC(=O)O)n2CC. The first kappa shape index (κ1) is 15.8. The molecule has 2 aromatic heterocycles. The van der Waals surface area contributed by atoms with E-state index in [2.05, 4.69) is 15.3 Å². The largest absolute Gasteiger partial charge is 0.480 e. The first-order valence-electron chi connectivity index (χ1n) is 7.18. The molecule has 3 N–H and O–H groups in total. The first-order valence-corrected chi connectivity index (χ1v) is 7.18. The van der Waals surface area contributed by atoms with Crippen molar-refractivity contribution < 1.29 is 9.90 Å². The Morgan fingerprint density at radius 1 is 1.32 bits per heavy atom. The molecule has 0 unspecified atom stereocenters. The van der Waals surface area contributed by atoms with Crippen LogP contribution in [0, 0.1) is 0 Å². The summed E-state index contributed by atoms with van der Waals surface area (Å²) in [6.45, 7) is 4.36. The van der Waals surface area contributed by atoms with Crippen LogP contribution in [0.3, 0.4) is 0 Å². The quantitative estimate of drug-likeness (QED) is 0.671. The van der Waals surface area contributed by atoms with Crippen molar-refractivity contribution in [3.05, 3.63) is 20.8 Å². The van der Waals surface area contributed by atoms with Gasteiger partial charge in [0.25, 0.3) is 5.56 Å². The van der Waals surface area contributed by atoms with Gasteiger partial charge in [0.2, 0.25) is 5.95 Å². The van der Waals surface area contributed by atoms with E-state index >= 15 is 0 Å². The summed E-state index contributed by atoms with van der Waals surface area (Å²) >= 11 is 0. The predicted octanol–water partition coefficient (Wildman–Crippen LogP) is 0.203. The molecule has 0 aromatic carbocycles. The van der Waals surface area contributed by atoms with Crippen LogP contribution in [0.25, 0.3) is 11.2 Å². The Morgan fingerprint density at radius 3 is 2.64 bits per heavy atom. The van der Waals surface area contributed by atoms with Gasteiger partial charge in [-0.1, -0.05) is 13.3 Å². The molecule has 2 rings (SSSR count). The standard InChI is InChI=1S/C13H19N5O4/c1-3-5-6-18-10-9(11(21)16-13(18)22)17(4-2)12(15-10)14-7-8(19)20/h3-7H2,1-2H3,(H,14,15)(H,19,20)(H,16,21,22). The molecule has 2 aromatic rings. The number of rotatable bonds is 7. The number of carbonyl (C=O) groups is 1. The van der Waals surface area contributed by atoms with E-state index in [1.54, 1.807) is 4.57 Å². The second kappa shape index (κ2) is 6.46. The van der Waals surface area contributed by atoms with Crippen LogP contribution < -0.4 is 16.6 Å². The number of fused-ring (bicyclic) bond motifs is 1. The molecular formula is C13H19N5O4. The molecule has 0 bridgehead atoms. The van der Waals surface area contributed by atoms with Gasteiger partial charge in [-0.2, -0.15) is 4.98 Å². The molecular weight excluding hydrogens is 290 g/mol. The van der Waals surface area contributed by atoms with Crippen molar-refractivity contribution in [1.82, 2.24) is 19.1 Å². The molecule has 0 atom stereocenters. The van der Waals surface area contributed by atoms with Gasteiger partial charge in [0.15, 0.2) is 11.2 Å². The van der Waals surface area contributed by atoms with Gasteiger partial charge in [0.05, 0.1) is 0 Å². The Morgan fingerprint density at radius 2 is 2.05 bits per heavy atom. The fraction of sp³-hybridized carbons (Fsp3) is 0.538. The van der Waals surface area contributed by atoms with Crippen LogP contribution >= 0.6 is 0 Å². The molecule has 0 aliphatic heterocycles. The lowest BCUT2D eigenvalue weighted by Crippen LogP contribution is -2.31. The number of carboxylic acids is 1. The third-order valence-corrected chi connectivity index (χ3v) is 3.33. The zero-order chi connectivity index (χ0) is 16.3. The molecule has 0 fully saturated rings. The summed E-state index contributed by atoms with van der Waals surface area (Å²) in [5.41, 5.74) is -0.481. The van der Waals surface area contributed by atoms with Crippen molar-refractivity contribution in [2.75, 3.05) is 11.9 Å². The van der Waals surface area contributed by atoms with Gasteiger partial charge in [-0.3, -0.25) is 19.1 Å². The molecule has 0 aliphatic rings. The Labute approximate surface area is 125 Å². The van der Waals surface area contributed by atoms with E-state index in [0.717, 1.165) is 12.8 Å². The molecule has 22 heavy (non-hydrogen) atoms. The molecule has 9 nitrogen and oxygen atoms in total. The highest BCUT2D eigenvalue weighted by atomic mass is 16.4. The van der Waals surface area contributed by atoms with Gasteiger partial charge in [-0.15, -0.1) is 0 Å². The minimum atomic E-state index is -1.04. The maximum Gasteiger partial charge on any atom is 0.330 e. The number of anilines is 1. The number of nitrogens with zero attached hydrogens (tertiary/aromatic N) is 3. The highest BCUT2D eigenvalue weighted by Crippen LogP contribution is 2.15. The Kier molecular flexibility index (Phi) is 4.64. The third kappa shape index (κ3) is 2.87. The van der Waals surface area contributed by atoms with Crippen molar-refractivity contribution >= 4 is 23.1 Å². The zero-order valence-electron chi connectivity index (χ0n) is 12.5. The number of imidazole rings is 1. The Balaban J connectivity index is 2.64. The van der Waals surface area contributed by atoms with Crippen molar-refractivity contribution in [2.24, 2.45) is 0 Å². The monoisotopic (exact) mass is 309 g/mol. The second-order valence-electron chi connectivity index (χ2n) is 4.86. The molecule has 0 amide bonds. The molecule has 0 aliphatic carbocycles. The van der Waals surface area contributed by atoms with Crippen LogP contribution in [0.5, 0.6) is 0 Å². The number of unbranched alkanes of at least 4 members (excludes halogenated alkanes) is 1. The van der Waals surface area contributed by atoms with E-state index in [9.17, 15) is 14.4 Å². The van der Waals surface area contributed by atoms with E-state index in [4.69, 9.17) is 5.11 Å². The lowest BCUT2D eigenvalue weighted by Gasteiger charge is -2.06. The summed E-state index contributed by atoms with van der Waals surface area (Å²) in [5, 5.41) is 11.4. The number of aryl methyl sites for hydroxylation is 2. The molecule has 0 saturated carbocycles. The number of H-pyrrole nitrogens is 1. The summed E-state index contributed by atoms with van der Waals surface area (Å²) in [5.74, 6) is -0.770. The lowest BCUT2D eigenvalue weighted by molar-refractivity contribution is -0.134. The highest BCUT2D eigenvalue weighted by Gasteiger charge is 2.17. The lowest BCUT2D eigenvalue weighted by atomic mass is 10.3. The summed E-state index contributed by atoms with van der Waals surface area (Å²) in [6, 6.07) is 0. The normalized spacial score (nSPS) is 11.0. The van der Waals surface area contributed by atoms with E-state index < -0.39 is 17.2 Å². The van der Waals surface area contributed by atoms with Crippen LogP contribution in [0.15, 0.2) is 9.59 Å². The molecule has 120 valence electrons. The van der Waals surface area contributed by atoms with Crippen molar-refractivity contribution in [1.29, 1.82) is 0 Å².